The Bertz CT molecular complexity index is 218. The molecule has 2 heterocycles. The van der Waals surface area contributed by atoms with Crippen LogP contribution in [0.15, 0.2) is 24.0 Å². The number of nitrogens with zero attached hydrogens (tertiary/aromatic N) is 1. The van der Waals surface area contributed by atoms with E-state index < -0.39 is 0 Å². The number of hydrogen-bond donors (Lipinski definition) is 1. The summed E-state index contributed by atoms with van der Waals surface area (Å²) in [5, 5.41) is 3.16. The molecule has 0 amide bonds. The van der Waals surface area contributed by atoms with Gasteiger partial charge in [-0.1, -0.05) is 6.08 Å². The van der Waals surface area contributed by atoms with Crippen LogP contribution in [0.3, 0.4) is 0 Å². The van der Waals surface area contributed by atoms with E-state index in [-0.39, 0.29) is 0 Å². The molecule has 0 aromatic heterocycles. The molecule has 0 aromatic carbocycles. The van der Waals surface area contributed by atoms with Gasteiger partial charge in [0.2, 0.25) is 0 Å². The van der Waals surface area contributed by atoms with Crippen molar-refractivity contribution in [3.8, 4) is 0 Å². The van der Waals surface area contributed by atoms with E-state index in [0.717, 1.165) is 6.42 Å². The van der Waals surface area contributed by atoms with Gasteiger partial charge < -0.3 is 5.32 Å². The predicted molar refractivity (Wildman–Crippen MR) is 50.6 cm³/mol. The highest BCUT2D eigenvalue weighted by molar-refractivity contribution is 5.19. The lowest BCUT2D eigenvalue weighted by Gasteiger charge is -2.23. The normalized spacial score (nSPS) is 30.1. The van der Waals surface area contributed by atoms with Gasteiger partial charge in [0.15, 0.2) is 0 Å². The molecule has 1 N–H and O–H groups in total. The number of likely N-dealkylation sites (N-methyl/N-ethyl adjacent to an activating group) is 1. The molecule has 1 atom stereocenters. The average molecular weight is 164 g/mol. The van der Waals surface area contributed by atoms with Crippen molar-refractivity contribution in [2.24, 2.45) is 0 Å². The third-order valence-corrected chi connectivity index (χ3v) is 2.78. The van der Waals surface area contributed by atoms with Crippen LogP contribution in [-0.4, -0.2) is 24.5 Å². The van der Waals surface area contributed by atoms with E-state index in [9.17, 15) is 0 Å². The van der Waals surface area contributed by atoms with Crippen molar-refractivity contribution in [3.05, 3.63) is 24.0 Å². The molecule has 2 nitrogen and oxygen atoms in total. The minimum absolute atomic E-state index is 0.697. The second-order valence-corrected chi connectivity index (χ2v) is 3.63. The number of rotatable bonds is 1. The molecule has 66 valence electrons. The van der Waals surface area contributed by atoms with E-state index in [1.165, 1.54) is 25.0 Å². The Morgan fingerprint density at radius 1 is 1.58 bits per heavy atom. The molecular weight excluding hydrogens is 148 g/mol. The van der Waals surface area contributed by atoms with Crippen molar-refractivity contribution in [1.29, 1.82) is 0 Å². The van der Waals surface area contributed by atoms with E-state index in [1.807, 2.05) is 6.20 Å². The summed E-state index contributed by atoms with van der Waals surface area (Å²) < 4.78 is 0. The van der Waals surface area contributed by atoms with Gasteiger partial charge in [-0.15, -0.1) is 0 Å². The zero-order chi connectivity index (χ0) is 8.39. The topological polar surface area (TPSA) is 15.3 Å². The second kappa shape index (κ2) is 3.31. The van der Waals surface area contributed by atoms with Crippen molar-refractivity contribution in [3.63, 3.8) is 0 Å². The Hall–Kier alpha value is -0.760. The van der Waals surface area contributed by atoms with Gasteiger partial charge in [-0.25, -0.2) is 0 Å². The van der Waals surface area contributed by atoms with Crippen LogP contribution in [-0.2, 0) is 0 Å². The molecule has 0 saturated carbocycles. The van der Waals surface area contributed by atoms with Crippen LogP contribution in [0.25, 0.3) is 0 Å². The van der Waals surface area contributed by atoms with Gasteiger partial charge in [0.05, 0.1) is 0 Å². The van der Waals surface area contributed by atoms with Crippen LogP contribution in [0.5, 0.6) is 0 Å². The summed E-state index contributed by atoms with van der Waals surface area (Å²) in [6, 6.07) is 0.697. The number of dihydropyridines is 1. The van der Waals surface area contributed by atoms with E-state index in [4.69, 9.17) is 0 Å². The molecule has 1 saturated heterocycles. The Labute approximate surface area is 73.9 Å². The van der Waals surface area contributed by atoms with Crippen LogP contribution in [0, 0.1) is 0 Å². The summed E-state index contributed by atoms with van der Waals surface area (Å²) in [4.78, 5) is 2.45. The largest absolute Gasteiger partial charge is 0.368 e. The molecule has 0 bridgehead atoms. The van der Waals surface area contributed by atoms with Gasteiger partial charge in [-0.2, -0.15) is 0 Å². The summed E-state index contributed by atoms with van der Waals surface area (Å²) in [6.45, 7) is 1.26. The van der Waals surface area contributed by atoms with E-state index in [2.05, 4.69) is 29.5 Å². The number of hydrogen-bond acceptors (Lipinski definition) is 2. The maximum Gasteiger partial charge on any atom is 0.0325 e. The van der Waals surface area contributed by atoms with Gasteiger partial charge >= 0.3 is 0 Å². The summed E-state index contributed by atoms with van der Waals surface area (Å²) in [5.74, 6) is 0. The second-order valence-electron chi connectivity index (χ2n) is 3.63. The van der Waals surface area contributed by atoms with E-state index in [1.54, 1.807) is 0 Å². The zero-order valence-electron chi connectivity index (χ0n) is 7.59. The van der Waals surface area contributed by atoms with E-state index in [0.29, 0.717) is 6.04 Å². The van der Waals surface area contributed by atoms with Crippen LogP contribution >= 0.6 is 0 Å². The molecule has 0 aromatic rings. The van der Waals surface area contributed by atoms with Crippen molar-refractivity contribution < 1.29 is 0 Å². The molecular formula is C10H16N2. The Balaban J connectivity index is 2.03. The maximum atomic E-state index is 3.16. The lowest BCUT2D eigenvalue weighted by atomic mass is 10.0. The van der Waals surface area contributed by atoms with Crippen molar-refractivity contribution in [2.75, 3.05) is 13.6 Å². The number of likely N-dealkylation sites (tertiary alicyclic amines) is 1. The molecule has 2 heteroatoms. The highest BCUT2D eigenvalue weighted by Crippen LogP contribution is 2.24. The summed E-state index contributed by atoms with van der Waals surface area (Å²) in [5.41, 5.74) is 1.54. The minimum atomic E-state index is 0.697. The maximum absolute atomic E-state index is 3.16. The summed E-state index contributed by atoms with van der Waals surface area (Å²) in [6.07, 6.45) is 10.2. The summed E-state index contributed by atoms with van der Waals surface area (Å²) >= 11 is 0. The lowest BCUT2D eigenvalue weighted by molar-refractivity contribution is 0.341. The molecule has 0 unspecified atom stereocenters. The van der Waals surface area contributed by atoms with Gasteiger partial charge in [0, 0.05) is 12.2 Å². The predicted octanol–water partition coefficient (Wildman–Crippen LogP) is 1.47. The SMILES string of the molecule is CN1CCC[C@H]1C1=CNC=CC1. The first-order valence-electron chi connectivity index (χ1n) is 4.68. The Morgan fingerprint density at radius 2 is 2.50 bits per heavy atom. The van der Waals surface area contributed by atoms with Crippen molar-refractivity contribution >= 4 is 0 Å². The summed E-state index contributed by atoms with van der Waals surface area (Å²) in [7, 11) is 2.22. The standard InChI is InChI=1S/C10H16N2/c1-12-7-3-5-10(12)9-4-2-6-11-8-9/h2,6,8,10-11H,3-5,7H2,1H3/t10-/m0/s1. The van der Waals surface area contributed by atoms with Crippen molar-refractivity contribution in [2.45, 2.75) is 25.3 Å². The molecule has 0 aliphatic carbocycles. The first kappa shape index (κ1) is 7.87. The molecule has 2 rings (SSSR count). The fourth-order valence-corrected chi connectivity index (χ4v) is 2.09. The highest BCUT2D eigenvalue weighted by Gasteiger charge is 2.23. The lowest BCUT2D eigenvalue weighted by Crippen LogP contribution is -2.28. The number of nitrogens with one attached hydrogen (secondary N) is 1. The van der Waals surface area contributed by atoms with Gasteiger partial charge in [-0.05, 0) is 44.6 Å². The highest BCUT2D eigenvalue weighted by atomic mass is 15.1. The van der Waals surface area contributed by atoms with Gasteiger partial charge in [0.1, 0.15) is 0 Å². The molecule has 1 fully saturated rings. The first-order chi connectivity index (χ1) is 5.88. The zero-order valence-corrected chi connectivity index (χ0v) is 7.59. The quantitative estimate of drug-likeness (QED) is 0.631. The minimum Gasteiger partial charge on any atom is -0.368 e. The monoisotopic (exact) mass is 164 g/mol. The van der Waals surface area contributed by atoms with Gasteiger partial charge in [0.25, 0.3) is 0 Å². The fourth-order valence-electron chi connectivity index (χ4n) is 2.09. The number of allylic oxidation sites excluding steroid dienone is 1. The third kappa shape index (κ3) is 1.39. The van der Waals surface area contributed by atoms with Crippen LogP contribution in [0.1, 0.15) is 19.3 Å². The van der Waals surface area contributed by atoms with Crippen molar-refractivity contribution in [1.82, 2.24) is 10.2 Å². The van der Waals surface area contributed by atoms with Gasteiger partial charge in [-0.3, -0.25) is 4.90 Å². The van der Waals surface area contributed by atoms with Crippen LogP contribution in [0.4, 0.5) is 0 Å². The molecule has 12 heavy (non-hydrogen) atoms. The van der Waals surface area contributed by atoms with Crippen LogP contribution < -0.4 is 5.32 Å². The molecule has 2 aliphatic rings. The van der Waals surface area contributed by atoms with E-state index >= 15 is 0 Å². The van der Waals surface area contributed by atoms with Crippen LogP contribution in [0.2, 0.25) is 0 Å². The first-order valence-corrected chi connectivity index (χ1v) is 4.68. The Kier molecular flexibility index (Phi) is 2.17. The molecule has 0 spiro atoms. The smallest absolute Gasteiger partial charge is 0.0325 e. The fraction of sp³-hybridized carbons (Fsp3) is 0.600. The average Bonchev–Trinajstić information content (AvgIpc) is 2.53. The molecule has 0 radical (unpaired) electrons. The Morgan fingerprint density at radius 3 is 3.08 bits per heavy atom. The molecule has 2 aliphatic heterocycles. The third-order valence-electron chi connectivity index (χ3n) is 2.78.